The fraction of sp³-hybridized carbons (Fsp3) is 0.467. The molecule has 6 nitrogen and oxygen atoms in total. The fourth-order valence-corrected chi connectivity index (χ4v) is 2.26. The van der Waals surface area contributed by atoms with Gasteiger partial charge in [0, 0.05) is 6.61 Å². The Kier molecular flexibility index (Phi) is 4.47. The van der Waals surface area contributed by atoms with Crippen LogP contribution in [0.25, 0.3) is 0 Å². The lowest BCUT2D eigenvalue weighted by Gasteiger charge is -2.18. The molecule has 1 aromatic heterocycles. The summed E-state index contributed by atoms with van der Waals surface area (Å²) in [5, 5.41) is 17.1. The van der Waals surface area contributed by atoms with Gasteiger partial charge >= 0.3 is 0 Å². The van der Waals surface area contributed by atoms with Gasteiger partial charge in [0.1, 0.15) is 5.75 Å². The third kappa shape index (κ3) is 3.59. The SMILES string of the molecule is OCc1ccc(OCc2nnc(C3CCCOC3)o2)cc1. The molecule has 1 aromatic carbocycles. The average molecular weight is 290 g/mol. The monoisotopic (exact) mass is 290 g/mol. The molecule has 0 radical (unpaired) electrons. The lowest BCUT2D eigenvalue weighted by molar-refractivity contribution is 0.0717. The van der Waals surface area contributed by atoms with Crippen molar-refractivity contribution in [1.82, 2.24) is 10.2 Å². The Balaban J connectivity index is 1.56. The predicted molar refractivity (Wildman–Crippen MR) is 73.8 cm³/mol. The second-order valence-corrected chi connectivity index (χ2v) is 5.04. The molecule has 0 saturated carbocycles. The maximum atomic E-state index is 8.98. The number of ether oxygens (including phenoxy) is 2. The summed E-state index contributed by atoms with van der Waals surface area (Å²) >= 11 is 0. The Morgan fingerprint density at radius 3 is 2.81 bits per heavy atom. The van der Waals surface area contributed by atoms with Crippen LogP contribution in [-0.2, 0) is 18.0 Å². The van der Waals surface area contributed by atoms with Crippen LogP contribution in [0.5, 0.6) is 5.75 Å². The first-order valence-corrected chi connectivity index (χ1v) is 7.08. The van der Waals surface area contributed by atoms with Gasteiger partial charge in [0.25, 0.3) is 5.89 Å². The highest BCUT2D eigenvalue weighted by molar-refractivity contribution is 5.26. The quantitative estimate of drug-likeness (QED) is 0.908. The number of hydrogen-bond donors (Lipinski definition) is 1. The molecule has 0 aliphatic carbocycles. The van der Waals surface area contributed by atoms with Crippen molar-refractivity contribution in [1.29, 1.82) is 0 Å². The zero-order valence-corrected chi connectivity index (χ0v) is 11.7. The third-order valence-electron chi connectivity index (χ3n) is 3.46. The van der Waals surface area contributed by atoms with E-state index in [4.69, 9.17) is 19.0 Å². The van der Waals surface area contributed by atoms with Crippen molar-refractivity contribution >= 4 is 0 Å². The highest BCUT2D eigenvalue weighted by atomic mass is 16.5. The fourth-order valence-electron chi connectivity index (χ4n) is 2.26. The van der Waals surface area contributed by atoms with Crippen molar-refractivity contribution in [2.75, 3.05) is 13.2 Å². The Morgan fingerprint density at radius 1 is 1.24 bits per heavy atom. The Bertz CT molecular complexity index is 561. The van der Waals surface area contributed by atoms with E-state index in [1.54, 1.807) is 12.1 Å². The lowest BCUT2D eigenvalue weighted by atomic mass is 10.0. The van der Waals surface area contributed by atoms with E-state index >= 15 is 0 Å². The van der Waals surface area contributed by atoms with Gasteiger partial charge in [-0.3, -0.25) is 0 Å². The molecular weight excluding hydrogens is 272 g/mol. The van der Waals surface area contributed by atoms with Crippen LogP contribution in [0.1, 0.15) is 36.1 Å². The first-order chi connectivity index (χ1) is 10.3. The predicted octanol–water partition coefficient (Wildman–Crippen LogP) is 2.03. The smallest absolute Gasteiger partial charge is 0.253 e. The normalized spacial score (nSPS) is 18.6. The second-order valence-electron chi connectivity index (χ2n) is 5.04. The molecule has 1 fully saturated rings. The zero-order chi connectivity index (χ0) is 14.5. The molecule has 2 heterocycles. The molecule has 2 aromatic rings. The number of aliphatic hydroxyl groups excluding tert-OH is 1. The Labute approximate surface area is 122 Å². The number of aromatic nitrogens is 2. The van der Waals surface area contributed by atoms with Gasteiger partial charge in [-0.1, -0.05) is 12.1 Å². The van der Waals surface area contributed by atoms with Crippen LogP contribution in [-0.4, -0.2) is 28.5 Å². The van der Waals surface area contributed by atoms with Crippen molar-refractivity contribution in [3.63, 3.8) is 0 Å². The molecule has 1 atom stereocenters. The summed E-state index contributed by atoms with van der Waals surface area (Å²) in [4.78, 5) is 0. The van der Waals surface area contributed by atoms with Gasteiger partial charge < -0.3 is 19.0 Å². The van der Waals surface area contributed by atoms with Crippen LogP contribution in [0.3, 0.4) is 0 Å². The summed E-state index contributed by atoms with van der Waals surface area (Å²) in [6, 6.07) is 7.23. The molecule has 21 heavy (non-hydrogen) atoms. The summed E-state index contributed by atoms with van der Waals surface area (Å²) in [5.74, 6) is 1.99. The standard InChI is InChI=1S/C15H18N2O4/c18-8-11-3-5-13(6-4-11)20-10-14-16-17-15(21-14)12-2-1-7-19-9-12/h3-6,12,18H,1-2,7-10H2. The summed E-state index contributed by atoms with van der Waals surface area (Å²) in [6.07, 6.45) is 2.04. The number of aliphatic hydroxyl groups is 1. The molecule has 0 bridgehead atoms. The number of rotatable bonds is 5. The lowest BCUT2D eigenvalue weighted by Crippen LogP contribution is -2.15. The molecule has 112 valence electrons. The average Bonchev–Trinajstić information content (AvgIpc) is 3.03. The second kappa shape index (κ2) is 6.69. The van der Waals surface area contributed by atoms with Crippen LogP contribution >= 0.6 is 0 Å². The van der Waals surface area contributed by atoms with Crippen molar-refractivity contribution in [3.05, 3.63) is 41.6 Å². The minimum absolute atomic E-state index is 0.0246. The van der Waals surface area contributed by atoms with Crippen molar-refractivity contribution < 1.29 is 19.0 Å². The van der Waals surface area contributed by atoms with Crippen LogP contribution in [0.4, 0.5) is 0 Å². The number of hydrogen-bond acceptors (Lipinski definition) is 6. The zero-order valence-electron chi connectivity index (χ0n) is 11.7. The molecule has 1 N–H and O–H groups in total. The van der Waals surface area contributed by atoms with Gasteiger partial charge in [0.2, 0.25) is 5.89 Å². The molecule has 1 unspecified atom stereocenters. The van der Waals surface area contributed by atoms with Gasteiger partial charge in [-0.25, -0.2) is 0 Å². The minimum Gasteiger partial charge on any atom is -0.484 e. The summed E-state index contributed by atoms with van der Waals surface area (Å²) < 4.78 is 16.6. The van der Waals surface area contributed by atoms with E-state index in [-0.39, 0.29) is 19.1 Å². The van der Waals surface area contributed by atoms with Crippen molar-refractivity contribution in [2.24, 2.45) is 0 Å². The Morgan fingerprint density at radius 2 is 2.10 bits per heavy atom. The highest BCUT2D eigenvalue weighted by Gasteiger charge is 2.21. The van der Waals surface area contributed by atoms with Gasteiger partial charge in [-0.05, 0) is 30.5 Å². The molecule has 1 saturated heterocycles. The van der Waals surface area contributed by atoms with Crippen molar-refractivity contribution in [2.45, 2.75) is 32.0 Å². The van der Waals surface area contributed by atoms with E-state index in [9.17, 15) is 0 Å². The van der Waals surface area contributed by atoms with E-state index < -0.39 is 0 Å². The summed E-state index contributed by atoms with van der Waals surface area (Å²) in [7, 11) is 0. The van der Waals surface area contributed by atoms with Gasteiger partial charge in [-0.15, -0.1) is 10.2 Å². The van der Waals surface area contributed by atoms with Crippen molar-refractivity contribution in [3.8, 4) is 5.75 Å². The highest BCUT2D eigenvalue weighted by Crippen LogP contribution is 2.24. The first kappa shape index (κ1) is 14.0. The summed E-state index contributed by atoms with van der Waals surface area (Å²) in [6.45, 7) is 1.71. The van der Waals surface area contributed by atoms with E-state index in [0.29, 0.717) is 24.1 Å². The van der Waals surface area contributed by atoms with E-state index in [1.807, 2.05) is 12.1 Å². The topological polar surface area (TPSA) is 77.6 Å². The molecule has 6 heteroatoms. The molecule has 0 amide bonds. The molecule has 1 aliphatic rings. The van der Waals surface area contributed by atoms with Crippen LogP contribution in [0.15, 0.2) is 28.7 Å². The molecule has 0 spiro atoms. The van der Waals surface area contributed by atoms with E-state index in [0.717, 1.165) is 25.0 Å². The van der Waals surface area contributed by atoms with Crippen LogP contribution in [0.2, 0.25) is 0 Å². The summed E-state index contributed by atoms with van der Waals surface area (Å²) in [5.41, 5.74) is 0.847. The minimum atomic E-state index is 0.0246. The van der Waals surface area contributed by atoms with Crippen LogP contribution in [0, 0.1) is 0 Å². The van der Waals surface area contributed by atoms with E-state index in [1.165, 1.54) is 0 Å². The van der Waals surface area contributed by atoms with Crippen LogP contribution < -0.4 is 4.74 Å². The van der Waals surface area contributed by atoms with E-state index in [2.05, 4.69) is 10.2 Å². The van der Waals surface area contributed by atoms with Gasteiger partial charge in [-0.2, -0.15) is 0 Å². The van der Waals surface area contributed by atoms with Gasteiger partial charge in [0.05, 0.1) is 19.1 Å². The molecule has 3 rings (SSSR count). The van der Waals surface area contributed by atoms with Gasteiger partial charge in [0.15, 0.2) is 6.61 Å². The molecular formula is C15H18N2O4. The molecule has 1 aliphatic heterocycles. The maximum absolute atomic E-state index is 8.98. The number of benzene rings is 1. The first-order valence-electron chi connectivity index (χ1n) is 7.08. The third-order valence-corrected chi connectivity index (χ3v) is 3.46. The largest absolute Gasteiger partial charge is 0.484 e. The Hall–Kier alpha value is -1.92. The maximum Gasteiger partial charge on any atom is 0.253 e. The number of nitrogens with zero attached hydrogens (tertiary/aromatic N) is 2.